The van der Waals surface area contributed by atoms with E-state index in [0.717, 1.165) is 0 Å². The molecule has 0 aliphatic heterocycles. The zero-order valence-electron chi connectivity index (χ0n) is 8.71. The summed E-state index contributed by atoms with van der Waals surface area (Å²) in [6.07, 6.45) is 1.30. The smallest absolute Gasteiger partial charge is 0.343 e. The molecule has 0 bridgehead atoms. The van der Waals surface area contributed by atoms with Crippen molar-refractivity contribution < 1.29 is 9.53 Å². The molecule has 6 heteroatoms. The minimum Gasteiger partial charge on any atom is -0.465 e. The van der Waals surface area contributed by atoms with E-state index in [-0.39, 0.29) is 5.56 Å². The molecule has 0 saturated heterocycles. The molecule has 0 aliphatic rings. The van der Waals surface area contributed by atoms with Gasteiger partial charge in [0.15, 0.2) is 0 Å². The first-order valence-corrected chi connectivity index (χ1v) is 5.80. The molecule has 0 unspecified atom stereocenters. The molecule has 2 rings (SSSR count). The lowest BCUT2D eigenvalue weighted by molar-refractivity contribution is 0.0599. The van der Waals surface area contributed by atoms with Crippen LogP contribution in [0.25, 0.3) is 10.9 Å². The second-order valence-corrected chi connectivity index (χ2v) is 4.66. The fourth-order valence-electron chi connectivity index (χ4n) is 1.52. The zero-order valence-corrected chi connectivity index (χ0v) is 11.1. The van der Waals surface area contributed by atoms with Gasteiger partial charge >= 0.3 is 5.97 Å². The number of H-pyrrole nitrogens is 1. The minimum absolute atomic E-state index is 0.0471. The fraction of sp³-hybridized carbons (Fsp3) is 0.0909. The molecular formula is C11H7BrClNO3. The quantitative estimate of drug-likeness (QED) is 0.823. The van der Waals surface area contributed by atoms with Gasteiger partial charge in [0.2, 0.25) is 5.43 Å². The van der Waals surface area contributed by atoms with Crippen LogP contribution in [0.3, 0.4) is 0 Å². The van der Waals surface area contributed by atoms with E-state index in [1.807, 2.05) is 0 Å². The average molecular weight is 317 g/mol. The first-order valence-electron chi connectivity index (χ1n) is 4.63. The standard InChI is InChI=1S/C11H7BrClNO3/c1-17-11(16)7-4-14-9-6(10(7)15)2-5(12)3-8(9)13/h2-4H,1H3,(H,14,15). The minimum atomic E-state index is -0.677. The number of hydrogen-bond acceptors (Lipinski definition) is 3. The number of aromatic amines is 1. The van der Waals surface area contributed by atoms with Crippen molar-refractivity contribution in [3.05, 3.63) is 43.6 Å². The first kappa shape index (κ1) is 12.1. The number of benzene rings is 1. The summed E-state index contributed by atoms with van der Waals surface area (Å²) in [5.74, 6) is -0.677. The maximum atomic E-state index is 12.0. The second-order valence-electron chi connectivity index (χ2n) is 3.33. The Morgan fingerprint density at radius 3 is 2.82 bits per heavy atom. The molecule has 1 aromatic carbocycles. The SMILES string of the molecule is COC(=O)c1c[nH]c2c(Cl)cc(Br)cc2c1=O. The molecule has 17 heavy (non-hydrogen) atoms. The number of fused-ring (bicyclic) bond motifs is 1. The molecule has 1 aromatic heterocycles. The Morgan fingerprint density at radius 2 is 2.18 bits per heavy atom. The number of nitrogens with one attached hydrogen (secondary N) is 1. The number of hydrogen-bond donors (Lipinski definition) is 1. The van der Waals surface area contributed by atoms with Crippen LogP contribution in [0.2, 0.25) is 5.02 Å². The maximum absolute atomic E-state index is 12.0. The lowest BCUT2D eigenvalue weighted by Gasteiger charge is -2.04. The Hall–Kier alpha value is -1.33. The van der Waals surface area contributed by atoms with E-state index in [9.17, 15) is 9.59 Å². The van der Waals surface area contributed by atoms with E-state index in [0.29, 0.717) is 20.4 Å². The average Bonchev–Trinajstić information content (AvgIpc) is 2.29. The number of ether oxygens (including phenoxy) is 1. The molecule has 0 aliphatic carbocycles. The highest BCUT2D eigenvalue weighted by Gasteiger charge is 2.14. The lowest BCUT2D eigenvalue weighted by Crippen LogP contribution is -2.17. The molecular weight excluding hydrogens is 309 g/mol. The van der Waals surface area contributed by atoms with Gasteiger partial charge < -0.3 is 9.72 Å². The third-order valence-corrected chi connectivity index (χ3v) is 3.07. The number of rotatable bonds is 1. The summed E-state index contributed by atoms with van der Waals surface area (Å²) in [6.45, 7) is 0. The number of halogens is 2. The first-order chi connectivity index (χ1) is 8.04. The molecule has 1 heterocycles. The van der Waals surface area contributed by atoms with Crippen molar-refractivity contribution in [1.29, 1.82) is 0 Å². The molecule has 0 atom stereocenters. The predicted octanol–water partition coefficient (Wildman–Crippen LogP) is 2.73. The third kappa shape index (κ3) is 2.08. The molecule has 0 radical (unpaired) electrons. The van der Waals surface area contributed by atoms with Gasteiger partial charge in [-0.2, -0.15) is 0 Å². The molecule has 1 N–H and O–H groups in total. The summed E-state index contributed by atoms with van der Waals surface area (Å²) < 4.78 is 5.19. The van der Waals surface area contributed by atoms with Crippen molar-refractivity contribution in [3.63, 3.8) is 0 Å². The van der Waals surface area contributed by atoms with Gasteiger partial charge in [-0.05, 0) is 12.1 Å². The van der Waals surface area contributed by atoms with Crippen LogP contribution in [0.5, 0.6) is 0 Å². The van der Waals surface area contributed by atoms with Gasteiger partial charge in [0, 0.05) is 16.1 Å². The van der Waals surface area contributed by atoms with Crippen molar-refractivity contribution in [1.82, 2.24) is 4.98 Å². The normalized spacial score (nSPS) is 10.5. The summed E-state index contributed by atoms with van der Waals surface area (Å²) in [5, 5.41) is 0.746. The summed E-state index contributed by atoms with van der Waals surface area (Å²) in [5.41, 5.74) is 0.0375. The van der Waals surface area contributed by atoms with Crippen molar-refractivity contribution in [3.8, 4) is 0 Å². The summed E-state index contributed by atoms with van der Waals surface area (Å²) in [7, 11) is 1.22. The van der Waals surface area contributed by atoms with Crippen molar-refractivity contribution in [2.45, 2.75) is 0 Å². The van der Waals surface area contributed by atoms with Gasteiger partial charge in [-0.3, -0.25) is 4.79 Å². The topological polar surface area (TPSA) is 59.2 Å². The number of methoxy groups -OCH3 is 1. The van der Waals surface area contributed by atoms with E-state index >= 15 is 0 Å². The highest BCUT2D eigenvalue weighted by atomic mass is 79.9. The van der Waals surface area contributed by atoms with Crippen LogP contribution in [0, 0.1) is 0 Å². The molecule has 0 fully saturated rings. The van der Waals surface area contributed by atoms with Crippen molar-refractivity contribution >= 4 is 44.4 Å². The van der Waals surface area contributed by atoms with Crippen LogP contribution in [0.4, 0.5) is 0 Å². The van der Waals surface area contributed by atoms with Gasteiger partial charge in [0.1, 0.15) is 5.56 Å². The summed E-state index contributed by atoms with van der Waals surface area (Å²) in [6, 6.07) is 3.27. The summed E-state index contributed by atoms with van der Waals surface area (Å²) in [4.78, 5) is 26.2. The molecule has 2 aromatic rings. The number of pyridine rings is 1. The highest BCUT2D eigenvalue weighted by molar-refractivity contribution is 9.10. The van der Waals surface area contributed by atoms with Gasteiger partial charge in [0.05, 0.1) is 17.6 Å². The van der Waals surface area contributed by atoms with Gasteiger partial charge in [-0.15, -0.1) is 0 Å². The summed E-state index contributed by atoms with van der Waals surface area (Å²) >= 11 is 9.23. The lowest BCUT2D eigenvalue weighted by atomic mass is 10.1. The zero-order chi connectivity index (χ0) is 12.6. The van der Waals surface area contributed by atoms with Gasteiger partial charge in [-0.1, -0.05) is 27.5 Å². The van der Waals surface area contributed by atoms with Gasteiger partial charge in [-0.25, -0.2) is 4.79 Å². The molecule has 4 nitrogen and oxygen atoms in total. The Kier molecular flexibility index (Phi) is 3.22. The molecule has 0 saturated carbocycles. The number of carbonyl (C=O) groups is 1. The van der Waals surface area contributed by atoms with E-state index in [1.165, 1.54) is 13.3 Å². The number of carbonyl (C=O) groups excluding carboxylic acids is 1. The Labute approximate surface area is 110 Å². The van der Waals surface area contributed by atoms with E-state index in [4.69, 9.17) is 11.6 Å². The Bertz CT molecular complexity index is 666. The van der Waals surface area contributed by atoms with Crippen LogP contribution >= 0.6 is 27.5 Å². The van der Waals surface area contributed by atoms with Crippen LogP contribution < -0.4 is 5.43 Å². The van der Waals surface area contributed by atoms with Crippen LogP contribution in [0.15, 0.2) is 27.6 Å². The van der Waals surface area contributed by atoms with Crippen LogP contribution in [-0.2, 0) is 4.74 Å². The maximum Gasteiger partial charge on any atom is 0.343 e. The van der Waals surface area contributed by atoms with E-state index < -0.39 is 11.4 Å². The third-order valence-electron chi connectivity index (χ3n) is 2.31. The van der Waals surface area contributed by atoms with Gasteiger partial charge in [0.25, 0.3) is 0 Å². The molecule has 0 amide bonds. The van der Waals surface area contributed by atoms with Crippen molar-refractivity contribution in [2.24, 2.45) is 0 Å². The number of aromatic nitrogens is 1. The predicted molar refractivity (Wildman–Crippen MR) is 68.6 cm³/mol. The largest absolute Gasteiger partial charge is 0.465 e. The number of esters is 1. The fourth-order valence-corrected chi connectivity index (χ4v) is 2.38. The molecule has 88 valence electrons. The monoisotopic (exact) mass is 315 g/mol. The van der Waals surface area contributed by atoms with E-state index in [2.05, 4.69) is 25.7 Å². The van der Waals surface area contributed by atoms with Crippen LogP contribution in [0.1, 0.15) is 10.4 Å². The van der Waals surface area contributed by atoms with Crippen molar-refractivity contribution in [2.75, 3.05) is 7.11 Å². The van der Waals surface area contributed by atoms with Crippen LogP contribution in [-0.4, -0.2) is 18.1 Å². The van der Waals surface area contributed by atoms with E-state index in [1.54, 1.807) is 12.1 Å². The molecule has 0 spiro atoms. The highest BCUT2D eigenvalue weighted by Crippen LogP contribution is 2.24. The Morgan fingerprint density at radius 1 is 1.47 bits per heavy atom. The Balaban J connectivity index is 2.85. The second kappa shape index (κ2) is 4.50.